The zero-order valence-electron chi connectivity index (χ0n) is 14.8. The molecule has 2 heterocycles. The Morgan fingerprint density at radius 1 is 1.25 bits per heavy atom. The van der Waals surface area contributed by atoms with Gasteiger partial charge in [0.2, 0.25) is 5.88 Å². The molecular formula is C19H17ClF2N4O2. The molecule has 1 aliphatic heterocycles. The Morgan fingerprint density at radius 3 is 2.71 bits per heavy atom. The average molecular weight is 407 g/mol. The normalized spacial score (nSPS) is 15.7. The first-order valence-electron chi connectivity index (χ1n) is 8.54. The monoisotopic (exact) mass is 406 g/mol. The third-order valence-electron chi connectivity index (χ3n) is 4.09. The number of hydrogen-bond donors (Lipinski definition) is 0. The Labute approximate surface area is 165 Å². The van der Waals surface area contributed by atoms with Gasteiger partial charge < -0.3 is 4.74 Å². The zero-order valence-corrected chi connectivity index (χ0v) is 15.6. The smallest absolute Gasteiger partial charge is 0.269 e. The summed E-state index contributed by atoms with van der Waals surface area (Å²) in [7, 11) is 0. The number of hydrazone groups is 1. The van der Waals surface area contributed by atoms with Crippen LogP contribution < -0.4 is 4.74 Å². The van der Waals surface area contributed by atoms with Crippen LogP contribution in [0.4, 0.5) is 8.78 Å². The van der Waals surface area contributed by atoms with E-state index in [0.29, 0.717) is 42.9 Å². The molecule has 0 bridgehead atoms. The van der Waals surface area contributed by atoms with Crippen molar-refractivity contribution in [1.29, 1.82) is 0 Å². The van der Waals surface area contributed by atoms with Crippen molar-refractivity contribution < 1.29 is 18.3 Å². The molecule has 9 heteroatoms. The summed E-state index contributed by atoms with van der Waals surface area (Å²) in [6.07, 6.45) is 4.10. The molecule has 6 nitrogen and oxygen atoms in total. The van der Waals surface area contributed by atoms with Crippen LogP contribution in [0.1, 0.15) is 30.9 Å². The summed E-state index contributed by atoms with van der Waals surface area (Å²) >= 11 is 5.75. The van der Waals surface area contributed by atoms with E-state index in [9.17, 15) is 13.6 Å². The lowest BCUT2D eigenvalue weighted by atomic mass is 10.0. The van der Waals surface area contributed by atoms with Gasteiger partial charge in [0, 0.05) is 30.3 Å². The quantitative estimate of drug-likeness (QED) is 0.394. The second-order valence-electron chi connectivity index (χ2n) is 6.14. The first-order chi connectivity index (χ1) is 13.4. The molecule has 0 saturated carbocycles. The van der Waals surface area contributed by atoms with Gasteiger partial charge in [-0.2, -0.15) is 5.10 Å². The van der Waals surface area contributed by atoms with E-state index in [2.05, 4.69) is 21.6 Å². The molecule has 1 atom stereocenters. The van der Waals surface area contributed by atoms with E-state index >= 15 is 0 Å². The Bertz CT molecular complexity index is 902. The van der Waals surface area contributed by atoms with Crippen molar-refractivity contribution in [2.24, 2.45) is 5.10 Å². The fourth-order valence-electron chi connectivity index (χ4n) is 2.78. The number of aromatic nitrogens is 2. The largest absolute Gasteiger partial charge is 0.478 e. The van der Waals surface area contributed by atoms with E-state index in [1.54, 1.807) is 6.21 Å². The molecule has 1 aliphatic rings. The van der Waals surface area contributed by atoms with Crippen LogP contribution in [0.25, 0.3) is 0 Å². The highest BCUT2D eigenvalue weighted by Crippen LogP contribution is 2.30. The summed E-state index contributed by atoms with van der Waals surface area (Å²) in [6, 6.07) is 4.12. The number of halogens is 3. The minimum atomic E-state index is -0.699. The lowest BCUT2D eigenvalue weighted by Crippen LogP contribution is -2.28. The molecule has 146 valence electrons. The van der Waals surface area contributed by atoms with Crippen molar-refractivity contribution in [1.82, 2.24) is 15.0 Å². The second kappa shape index (κ2) is 8.88. The fourth-order valence-corrected chi connectivity index (χ4v) is 2.92. The summed E-state index contributed by atoms with van der Waals surface area (Å²) in [6.45, 7) is 4.11. The maximum absolute atomic E-state index is 13.5. The van der Waals surface area contributed by atoms with Crippen molar-refractivity contribution in [2.75, 3.05) is 6.61 Å². The molecule has 0 N–H and O–H groups in total. The van der Waals surface area contributed by atoms with E-state index in [1.807, 2.05) is 0 Å². The van der Waals surface area contributed by atoms with Crippen molar-refractivity contribution in [3.8, 4) is 5.88 Å². The highest BCUT2D eigenvalue weighted by atomic mass is 35.5. The van der Waals surface area contributed by atoms with Gasteiger partial charge in [0.05, 0.1) is 12.6 Å². The number of carbonyl (C=O) groups is 1. The predicted octanol–water partition coefficient (Wildman–Crippen LogP) is 4.08. The fraction of sp³-hybridized carbons (Fsp3) is 0.263. The summed E-state index contributed by atoms with van der Waals surface area (Å²) in [5, 5.41) is 5.53. The summed E-state index contributed by atoms with van der Waals surface area (Å²) in [5.41, 5.74) is 0.672. The predicted molar refractivity (Wildman–Crippen MR) is 100.0 cm³/mol. The lowest BCUT2D eigenvalue weighted by Gasteiger charge is -2.23. The van der Waals surface area contributed by atoms with Crippen LogP contribution in [0.2, 0.25) is 5.15 Å². The van der Waals surface area contributed by atoms with Crippen LogP contribution in [-0.2, 0) is 4.79 Å². The third-order valence-corrected chi connectivity index (χ3v) is 4.30. The van der Waals surface area contributed by atoms with Gasteiger partial charge in [0.15, 0.2) is 0 Å². The number of carbonyl (C=O) groups excluding carboxylic acids is 1. The molecule has 1 unspecified atom stereocenters. The molecule has 28 heavy (non-hydrogen) atoms. The number of rotatable bonds is 7. The topological polar surface area (TPSA) is 67.7 Å². The maximum atomic E-state index is 13.5. The Balaban J connectivity index is 1.54. The Kier molecular flexibility index (Phi) is 6.30. The number of amides is 1. The molecule has 0 fully saturated rings. The van der Waals surface area contributed by atoms with E-state index in [-0.39, 0.29) is 5.15 Å². The first-order valence-corrected chi connectivity index (χ1v) is 8.92. The van der Waals surface area contributed by atoms with Crippen molar-refractivity contribution in [3.63, 3.8) is 0 Å². The maximum Gasteiger partial charge on any atom is 0.269 e. The molecule has 1 aromatic heterocycles. The van der Waals surface area contributed by atoms with Crippen molar-refractivity contribution in [3.05, 3.63) is 65.1 Å². The van der Waals surface area contributed by atoms with Gasteiger partial charge in [0.25, 0.3) is 5.91 Å². The Hall–Kier alpha value is -2.87. The molecule has 3 rings (SSSR count). The minimum absolute atomic E-state index is 0.274. The van der Waals surface area contributed by atoms with E-state index in [1.165, 1.54) is 29.5 Å². The summed E-state index contributed by atoms with van der Waals surface area (Å²) in [5.74, 6) is -1.45. The number of ether oxygens (including phenoxy) is 1. The highest BCUT2D eigenvalue weighted by Gasteiger charge is 2.30. The summed E-state index contributed by atoms with van der Waals surface area (Å²) in [4.78, 5) is 20.3. The third kappa shape index (κ3) is 4.89. The van der Waals surface area contributed by atoms with Gasteiger partial charge in [-0.25, -0.2) is 23.8 Å². The highest BCUT2D eigenvalue weighted by molar-refractivity contribution is 6.29. The second-order valence-corrected chi connectivity index (χ2v) is 6.52. The molecule has 0 spiro atoms. The van der Waals surface area contributed by atoms with Gasteiger partial charge in [-0.1, -0.05) is 18.2 Å². The van der Waals surface area contributed by atoms with Crippen LogP contribution >= 0.6 is 11.6 Å². The van der Waals surface area contributed by atoms with Crippen molar-refractivity contribution in [2.45, 2.75) is 25.3 Å². The standard InChI is InChI=1S/C19H17ClF2N4O2/c1-12(3-2-6-28-18-10-17(20)23-11-24-18)19(27)26-16(4-5-25-26)13-7-14(21)9-15(22)8-13/h5,7-11,16H,1-4,6H2. The van der Waals surface area contributed by atoms with Crippen molar-refractivity contribution >= 4 is 23.7 Å². The molecule has 1 aromatic carbocycles. The van der Waals surface area contributed by atoms with E-state index < -0.39 is 23.6 Å². The average Bonchev–Trinajstić information content (AvgIpc) is 3.13. The van der Waals surface area contributed by atoms with Crippen LogP contribution in [0.3, 0.4) is 0 Å². The number of nitrogens with zero attached hydrogens (tertiary/aromatic N) is 4. The molecule has 1 amide bonds. The molecule has 0 aliphatic carbocycles. The molecule has 0 saturated heterocycles. The number of benzene rings is 1. The van der Waals surface area contributed by atoms with Crippen LogP contribution in [-0.4, -0.2) is 33.7 Å². The Morgan fingerprint density at radius 2 is 2.00 bits per heavy atom. The van der Waals surface area contributed by atoms with Crippen LogP contribution in [0.5, 0.6) is 5.88 Å². The zero-order chi connectivity index (χ0) is 20.1. The lowest BCUT2D eigenvalue weighted by molar-refractivity contribution is -0.129. The minimum Gasteiger partial charge on any atom is -0.478 e. The molecule has 2 aromatic rings. The molecule has 0 radical (unpaired) electrons. The van der Waals surface area contributed by atoms with Crippen LogP contribution in [0.15, 0.2) is 47.8 Å². The van der Waals surface area contributed by atoms with Gasteiger partial charge >= 0.3 is 0 Å². The van der Waals surface area contributed by atoms with Gasteiger partial charge in [-0.05, 0) is 30.5 Å². The summed E-state index contributed by atoms with van der Waals surface area (Å²) < 4.78 is 32.5. The van der Waals surface area contributed by atoms with Gasteiger partial charge in [-0.15, -0.1) is 0 Å². The molecular weight excluding hydrogens is 390 g/mol. The van der Waals surface area contributed by atoms with E-state index in [0.717, 1.165) is 6.07 Å². The first kappa shape index (κ1) is 19.9. The number of hydrogen-bond acceptors (Lipinski definition) is 5. The SMILES string of the molecule is C=C(CCCOc1cc(Cl)ncn1)C(=O)N1N=CCC1c1cc(F)cc(F)c1. The van der Waals surface area contributed by atoms with Crippen LogP contribution in [0, 0.1) is 11.6 Å². The van der Waals surface area contributed by atoms with Gasteiger partial charge in [0.1, 0.15) is 23.1 Å². The van der Waals surface area contributed by atoms with Gasteiger partial charge in [-0.3, -0.25) is 4.79 Å². The van der Waals surface area contributed by atoms with E-state index in [4.69, 9.17) is 16.3 Å².